The van der Waals surface area contributed by atoms with Gasteiger partial charge in [-0.25, -0.2) is 0 Å². The lowest BCUT2D eigenvalue weighted by atomic mass is 9.85. The fourth-order valence-electron chi connectivity index (χ4n) is 4.53. The van der Waals surface area contributed by atoms with Gasteiger partial charge in [-0.2, -0.15) is 0 Å². The Bertz CT molecular complexity index is 667. The number of aliphatic hydroxyl groups excluding tert-OH is 1. The second-order valence-electron chi connectivity index (χ2n) is 8.96. The van der Waals surface area contributed by atoms with Crippen molar-refractivity contribution in [1.29, 1.82) is 0 Å². The molecule has 0 unspecified atom stereocenters. The SMILES string of the molecule is CCNC(=O)CCC/C=C\C[C@@H]1[C@@H](/C=C/[C@@H](C)CCc2ccccc2)[C@H](O)C[C@@H]1C. The van der Waals surface area contributed by atoms with E-state index in [1.807, 2.05) is 6.92 Å². The van der Waals surface area contributed by atoms with Crippen molar-refractivity contribution in [3.05, 3.63) is 60.2 Å². The molecule has 1 aliphatic carbocycles. The molecule has 0 saturated heterocycles. The number of amides is 1. The first-order valence-corrected chi connectivity index (χ1v) is 11.8. The summed E-state index contributed by atoms with van der Waals surface area (Å²) in [5.41, 5.74) is 1.39. The summed E-state index contributed by atoms with van der Waals surface area (Å²) in [6, 6.07) is 10.6. The summed E-state index contributed by atoms with van der Waals surface area (Å²) < 4.78 is 0. The molecule has 1 aromatic carbocycles. The highest BCUT2D eigenvalue weighted by Crippen LogP contribution is 2.40. The Kier molecular flexibility index (Phi) is 10.9. The molecule has 1 aliphatic rings. The molecule has 0 heterocycles. The van der Waals surface area contributed by atoms with E-state index in [9.17, 15) is 9.90 Å². The molecular formula is C27H41NO2. The van der Waals surface area contributed by atoms with Gasteiger partial charge in [-0.15, -0.1) is 0 Å². The van der Waals surface area contributed by atoms with E-state index < -0.39 is 0 Å². The van der Waals surface area contributed by atoms with Crippen LogP contribution in [-0.4, -0.2) is 23.7 Å². The van der Waals surface area contributed by atoms with E-state index in [0.29, 0.717) is 30.7 Å². The van der Waals surface area contributed by atoms with Crippen molar-refractivity contribution in [3.8, 4) is 0 Å². The smallest absolute Gasteiger partial charge is 0.219 e. The van der Waals surface area contributed by atoms with Crippen LogP contribution in [0.5, 0.6) is 0 Å². The lowest BCUT2D eigenvalue weighted by molar-refractivity contribution is -0.121. The van der Waals surface area contributed by atoms with Crippen LogP contribution < -0.4 is 5.32 Å². The van der Waals surface area contributed by atoms with Crippen LogP contribution in [0, 0.1) is 23.7 Å². The summed E-state index contributed by atoms with van der Waals surface area (Å²) in [5, 5.41) is 13.4. The molecule has 2 N–H and O–H groups in total. The van der Waals surface area contributed by atoms with Crippen molar-refractivity contribution in [3.63, 3.8) is 0 Å². The highest BCUT2D eigenvalue weighted by atomic mass is 16.3. The predicted octanol–water partition coefficient (Wildman–Crippen LogP) is 5.70. The quantitative estimate of drug-likeness (QED) is 0.342. The standard InChI is InChI=1S/C27H41NO2/c1-4-28-27(30)15-11-6-5-10-14-24-22(3)20-26(29)25(24)19-17-21(2)16-18-23-12-8-7-9-13-23/h5,7-10,12-13,17,19,21-22,24-26,29H,4,6,11,14-16,18,20H2,1-3H3,(H,28,30)/b10-5-,19-17+/t21-,22-,24-,25+,26+/m0/s1. The number of allylic oxidation sites excluding steroid dienone is 3. The maximum Gasteiger partial charge on any atom is 0.219 e. The lowest BCUT2D eigenvalue weighted by Crippen LogP contribution is -2.21. The fourth-order valence-corrected chi connectivity index (χ4v) is 4.53. The summed E-state index contributed by atoms with van der Waals surface area (Å²) >= 11 is 0. The molecule has 3 heteroatoms. The molecule has 3 nitrogen and oxygen atoms in total. The van der Waals surface area contributed by atoms with E-state index in [1.165, 1.54) is 5.56 Å². The molecule has 0 spiro atoms. The highest BCUT2D eigenvalue weighted by molar-refractivity contribution is 5.75. The number of unbranched alkanes of at least 4 members (excludes halogenated alkanes) is 1. The highest BCUT2D eigenvalue weighted by Gasteiger charge is 2.37. The zero-order valence-electron chi connectivity index (χ0n) is 19.1. The Balaban J connectivity index is 1.78. The van der Waals surface area contributed by atoms with Crippen LogP contribution in [0.25, 0.3) is 0 Å². The van der Waals surface area contributed by atoms with E-state index in [-0.39, 0.29) is 17.9 Å². The molecule has 1 amide bonds. The summed E-state index contributed by atoms with van der Waals surface area (Å²) in [7, 11) is 0. The Morgan fingerprint density at radius 3 is 2.77 bits per heavy atom. The number of carbonyl (C=O) groups is 1. The normalized spacial score (nSPS) is 25.2. The number of hydrogen-bond donors (Lipinski definition) is 2. The number of aryl methyl sites for hydroxylation is 1. The second kappa shape index (κ2) is 13.4. The average molecular weight is 412 g/mol. The van der Waals surface area contributed by atoms with Gasteiger partial charge in [0.1, 0.15) is 0 Å². The molecule has 5 atom stereocenters. The molecule has 30 heavy (non-hydrogen) atoms. The van der Waals surface area contributed by atoms with Gasteiger partial charge in [0.15, 0.2) is 0 Å². The van der Waals surface area contributed by atoms with Gasteiger partial charge in [-0.3, -0.25) is 4.79 Å². The van der Waals surface area contributed by atoms with Gasteiger partial charge in [0.25, 0.3) is 0 Å². The third kappa shape index (κ3) is 8.47. The number of benzene rings is 1. The van der Waals surface area contributed by atoms with Gasteiger partial charge in [0.05, 0.1) is 6.10 Å². The molecule has 2 rings (SSSR count). The Labute approximate surface area is 183 Å². The van der Waals surface area contributed by atoms with Crippen LogP contribution in [0.1, 0.15) is 64.9 Å². The van der Waals surface area contributed by atoms with Gasteiger partial charge < -0.3 is 10.4 Å². The molecule has 0 aliphatic heterocycles. The summed E-state index contributed by atoms with van der Waals surface area (Å²) in [6.07, 6.45) is 15.4. The molecule has 0 aromatic heterocycles. The van der Waals surface area contributed by atoms with E-state index in [4.69, 9.17) is 0 Å². The maximum absolute atomic E-state index is 11.5. The van der Waals surface area contributed by atoms with E-state index in [1.54, 1.807) is 0 Å². The minimum atomic E-state index is -0.228. The fraction of sp³-hybridized carbons (Fsp3) is 0.593. The van der Waals surface area contributed by atoms with Crippen molar-refractivity contribution < 1.29 is 9.90 Å². The number of rotatable bonds is 12. The number of carbonyl (C=O) groups excluding carboxylic acids is 1. The molecule has 0 radical (unpaired) electrons. The molecule has 1 saturated carbocycles. The van der Waals surface area contributed by atoms with Crippen LogP contribution in [0.2, 0.25) is 0 Å². The minimum absolute atomic E-state index is 0.144. The van der Waals surface area contributed by atoms with Gasteiger partial charge >= 0.3 is 0 Å². The van der Waals surface area contributed by atoms with Gasteiger partial charge in [-0.1, -0.05) is 68.5 Å². The largest absolute Gasteiger partial charge is 0.392 e. The van der Waals surface area contributed by atoms with Crippen LogP contribution in [0.4, 0.5) is 0 Å². The Morgan fingerprint density at radius 1 is 1.27 bits per heavy atom. The topological polar surface area (TPSA) is 49.3 Å². The number of nitrogens with one attached hydrogen (secondary N) is 1. The Hall–Kier alpha value is -1.87. The van der Waals surface area contributed by atoms with Crippen LogP contribution in [-0.2, 0) is 11.2 Å². The average Bonchev–Trinajstić information content (AvgIpc) is 3.00. The number of aliphatic hydroxyl groups is 1. The third-order valence-corrected chi connectivity index (χ3v) is 6.40. The molecule has 1 aromatic rings. The molecule has 1 fully saturated rings. The summed E-state index contributed by atoms with van der Waals surface area (Å²) in [6.45, 7) is 7.19. The first kappa shape index (κ1) is 24.4. The predicted molar refractivity (Wildman–Crippen MR) is 126 cm³/mol. The Morgan fingerprint density at radius 2 is 2.03 bits per heavy atom. The molecule has 166 valence electrons. The van der Waals surface area contributed by atoms with Crippen molar-refractivity contribution in [1.82, 2.24) is 5.32 Å². The van der Waals surface area contributed by atoms with E-state index >= 15 is 0 Å². The first-order chi connectivity index (χ1) is 14.5. The van der Waals surface area contributed by atoms with Gasteiger partial charge in [0.2, 0.25) is 5.91 Å². The third-order valence-electron chi connectivity index (χ3n) is 6.40. The van der Waals surface area contributed by atoms with Crippen molar-refractivity contribution in [2.75, 3.05) is 6.54 Å². The summed E-state index contributed by atoms with van der Waals surface area (Å²) in [5.74, 6) is 1.94. The minimum Gasteiger partial charge on any atom is -0.392 e. The van der Waals surface area contributed by atoms with E-state index in [2.05, 4.69) is 73.8 Å². The summed E-state index contributed by atoms with van der Waals surface area (Å²) in [4.78, 5) is 11.5. The van der Waals surface area contributed by atoms with Crippen LogP contribution in [0.3, 0.4) is 0 Å². The number of hydrogen-bond acceptors (Lipinski definition) is 2. The zero-order chi connectivity index (χ0) is 21.8. The van der Waals surface area contributed by atoms with Gasteiger partial charge in [-0.05, 0) is 68.8 Å². The van der Waals surface area contributed by atoms with E-state index in [0.717, 1.165) is 38.5 Å². The second-order valence-corrected chi connectivity index (χ2v) is 8.96. The molecular weight excluding hydrogens is 370 g/mol. The molecule has 0 bridgehead atoms. The van der Waals surface area contributed by atoms with Crippen LogP contribution >= 0.6 is 0 Å². The monoisotopic (exact) mass is 411 g/mol. The van der Waals surface area contributed by atoms with Crippen LogP contribution in [0.15, 0.2) is 54.6 Å². The van der Waals surface area contributed by atoms with Crippen molar-refractivity contribution in [2.24, 2.45) is 23.7 Å². The van der Waals surface area contributed by atoms with Gasteiger partial charge in [0, 0.05) is 18.9 Å². The van der Waals surface area contributed by atoms with Crippen molar-refractivity contribution in [2.45, 2.75) is 71.8 Å². The first-order valence-electron chi connectivity index (χ1n) is 11.8. The van der Waals surface area contributed by atoms with Crippen molar-refractivity contribution >= 4 is 5.91 Å². The maximum atomic E-state index is 11.5. The zero-order valence-corrected chi connectivity index (χ0v) is 19.1. The lowest BCUT2D eigenvalue weighted by Gasteiger charge is -2.20.